The number of morpholine rings is 1. The van der Waals surface area contributed by atoms with Crippen molar-refractivity contribution in [3.05, 3.63) is 48.3 Å². The third-order valence-corrected chi connectivity index (χ3v) is 4.01. The molecular weight excluding hydrogens is 339 g/mol. The first-order chi connectivity index (χ1) is 12.7. The maximum Gasteiger partial charge on any atom is 0.262 e. The number of carbonyl (C=O) groups is 1. The lowest BCUT2D eigenvalue weighted by Crippen LogP contribution is -2.37. The van der Waals surface area contributed by atoms with Crippen molar-refractivity contribution in [3.8, 4) is 11.5 Å². The molecule has 1 N–H and O–H groups in total. The van der Waals surface area contributed by atoms with E-state index in [9.17, 15) is 9.18 Å². The summed E-state index contributed by atoms with van der Waals surface area (Å²) in [5.41, 5.74) is 1.18. The molecule has 138 valence electrons. The van der Waals surface area contributed by atoms with Gasteiger partial charge in [0.2, 0.25) is 0 Å². The van der Waals surface area contributed by atoms with Gasteiger partial charge in [-0.1, -0.05) is 12.1 Å². The summed E-state index contributed by atoms with van der Waals surface area (Å²) in [5, 5.41) is 2.73. The maximum absolute atomic E-state index is 13.7. The van der Waals surface area contributed by atoms with Crippen LogP contribution in [0.25, 0.3) is 0 Å². The Balaban J connectivity index is 1.67. The van der Waals surface area contributed by atoms with Gasteiger partial charge in [-0.3, -0.25) is 4.79 Å². The van der Waals surface area contributed by atoms with Gasteiger partial charge >= 0.3 is 0 Å². The molecule has 1 fully saturated rings. The van der Waals surface area contributed by atoms with Gasteiger partial charge in [-0.05, 0) is 30.3 Å². The molecule has 0 saturated carbocycles. The zero-order chi connectivity index (χ0) is 18.4. The van der Waals surface area contributed by atoms with E-state index in [2.05, 4.69) is 10.2 Å². The quantitative estimate of drug-likeness (QED) is 0.858. The van der Waals surface area contributed by atoms with Crippen LogP contribution in [0.4, 0.5) is 15.8 Å². The minimum Gasteiger partial charge on any atom is -0.493 e. The van der Waals surface area contributed by atoms with Gasteiger partial charge in [-0.25, -0.2) is 4.39 Å². The summed E-state index contributed by atoms with van der Waals surface area (Å²) in [4.78, 5) is 14.3. The Hall–Kier alpha value is -2.80. The Morgan fingerprint density at radius 1 is 1.19 bits per heavy atom. The van der Waals surface area contributed by atoms with Gasteiger partial charge in [0.05, 0.1) is 31.7 Å². The number of nitrogens with zero attached hydrogens (tertiary/aromatic N) is 1. The minimum atomic E-state index is -0.414. The number of para-hydroxylation sites is 2. The zero-order valence-corrected chi connectivity index (χ0v) is 14.5. The molecule has 1 aliphatic rings. The fourth-order valence-electron chi connectivity index (χ4n) is 2.76. The third kappa shape index (κ3) is 4.43. The lowest BCUT2D eigenvalue weighted by Gasteiger charge is -2.30. The van der Waals surface area contributed by atoms with E-state index in [1.807, 2.05) is 6.07 Å². The number of ether oxygens (including phenoxy) is 3. The summed E-state index contributed by atoms with van der Waals surface area (Å²) < 4.78 is 29.7. The first-order valence-corrected chi connectivity index (χ1v) is 8.35. The number of anilines is 2. The van der Waals surface area contributed by atoms with Crippen LogP contribution in [-0.2, 0) is 9.53 Å². The van der Waals surface area contributed by atoms with Crippen molar-refractivity contribution in [3.63, 3.8) is 0 Å². The summed E-state index contributed by atoms with van der Waals surface area (Å²) in [7, 11) is 1.53. The first-order valence-electron chi connectivity index (χ1n) is 8.35. The molecule has 1 aliphatic heterocycles. The topological polar surface area (TPSA) is 60.0 Å². The van der Waals surface area contributed by atoms with E-state index in [0.29, 0.717) is 43.5 Å². The zero-order valence-electron chi connectivity index (χ0n) is 14.5. The number of methoxy groups -OCH3 is 1. The van der Waals surface area contributed by atoms with Gasteiger partial charge in [0, 0.05) is 13.1 Å². The molecule has 0 radical (unpaired) electrons. The number of carbonyl (C=O) groups excluding carboxylic acids is 1. The lowest BCUT2D eigenvalue weighted by atomic mass is 10.2. The van der Waals surface area contributed by atoms with Crippen molar-refractivity contribution >= 4 is 17.3 Å². The van der Waals surface area contributed by atoms with E-state index in [0.717, 1.165) is 5.69 Å². The van der Waals surface area contributed by atoms with Crippen molar-refractivity contribution in [2.45, 2.75) is 0 Å². The van der Waals surface area contributed by atoms with E-state index >= 15 is 0 Å². The summed E-state index contributed by atoms with van der Waals surface area (Å²) in [6, 6.07) is 11.4. The van der Waals surface area contributed by atoms with Crippen LogP contribution in [0.3, 0.4) is 0 Å². The molecule has 1 saturated heterocycles. The molecule has 2 aromatic rings. The molecule has 0 atom stereocenters. The summed E-state index contributed by atoms with van der Waals surface area (Å²) in [6.45, 7) is 2.36. The van der Waals surface area contributed by atoms with Gasteiger partial charge in [-0.15, -0.1) is 0 Å². The van der Waals surface area contributed by atoms with Gasteiger partial charge in [0.25, 0.3) is 5.91 Å². The van der Waals surface area contributed by atoms with Crippen molar-refractivity contribution in [1.29, 1.82) is 0 Å². The van der Waals surface area contributed by atoms with E-state index in [4.69, 9.17) is 14.2 Å². The number of hydrogen-bond acceptors (Lipinski definition) is 5. The predicted octanol–water partition coefficient (Wildman–Crippen LogP) is 2.69. The second kappa shape index (κ2) is 8.53. The molecule has 0 bridgehead atoms. The molecule has 7 heteroatoms. The van der Waals surface area contributed by atoms with Gasteiger partial charge in [0.1, 0.15) is 5.82 Å². The Kier molecular flexibility index (Phi) is 5.91. The predicted molar refractivity (Wildman–Crippen MR) is 96.6 cm³/mol. The molecular formula is C19H21FN2O4. The van der Waals surface area contributed by atoms with Crippen molar-refractivity contribution in [2.24, 2.45) is 0 Å². The Morgan fingerprint density at radius 3 is 2.65 bits per heavy atom. The van der Waals surface area contributed by atoms with Crippen LogP contribution in [-0.4, -0.2) is 45.9 Å². The van der Waals surface area contributed by atoms with Gasteiger partial charge in [0.15, 0.2) is 18.1 Å². The second-order valence-corrected chi connectivity index (χ2v) is 5.75. The Bertz CT molecular complexity index is 763. The highest BCUT2D eigenvalue weighted by Gasteiger charge is 2.17. The monoisotopic (exact) mass is 360 g/mol. The van der Waals surface area contributed by atoms with Crippen LogP contribution in [0, 0.1) is 5.82 Å². The second-order valence-electron chi connectivity index (χ2n) is 5.75. The standard InChI is InChI=1S/C19H21FN2O4/c1-24-17-4-2-3-5-18(17)26-13-19(23)21-15-12-14(20)6-7-16(15)22-8-10-25-11-9-22/h2-7,12H,8-11,13H2,1H3,(H,21,23). The molecule has 0 aromatic heterocycles. The van der Waals surface area contributed by atoms with E-state index in [1.165, 1.54) is 19.2 Å². The van der Waals surface area contributed by atoms with Crippen LogP contribution in [0.2, 0.25) is 0 Å². The summed E-state index contributed by atoms with van der Waals surface area (Å²) in [6.07, 6.45) is 0. The van der Waals surface area contributed by atoms with E-state index in [-0.39, 0.29) is 12.5 Å². The lowest BCUT2D eigenvalue weighted by molar-refractivity contribution is -0.118. The smallest absolute Gasteiger partial charge is 0.262 e. The van der Waals surface area contributed by atoms with Crippen LogP contribution in [0.5, 0.6) is 11.5 Å². The van der Waals surface area contributed by atoms with Gasteiger partial charge in [-0.2, -0.15) is 0 Å². The largest absolute Gasteiger partial charge is 0.493 e. The number of rotatable bonds is 6. The molecule has 0 aliphatic carbocycles. The Morgan fingerprint density at radius 2 is 1.92 bits per heavy atom. The van der Waals surface area contributed by atoms with Crippen LogP contribution < -0.4 is 19.7 Å². The molecule has 0 unspecified atom stereocenters. The molecule has 3 rings (SSSR count). The molecule has 1 amide bonds. The highest BCUT2D eigenvalue weighted by molar-refractivity contribution is 5.95. The molecule has 6 nitrogen and oxygen atoms in total. The number of amides is 1. The summed E-state index contributed by atoms with van der Waals surface area (Å²) in [5.74, 6) is 0.219. The number of benzene rings is 2. The summed E-state index contributed by atoms with van der Waals surface area (Å²) >= 11 is 0. The van der Waals surface area contributed by atoms with E-state index in [1.54, 1.807) is 24.3 Å². The Labute approximate surface area is 151 Å². The van der Waals surface area contributed by atoms with Crippen LogP contribution in [0.1, 0.15) is 0 Å². The van der Waals surface area contributed by atoms with Crippen molar-refractivity contribution in [1.82, 2.24) is 0 Å². The van der Waals surface area contributed by atoms with Crippen molar-refractivity contribution < 1.29 is 23.4 Å². The first kappa shape index (κ1) is 18.0. The minimum absolute atomic E-state index is 0.209. The molecule has 2 aromatic carbocycles. The fourth-order valence-corrected chi connectivity index (χ4v) is 2.76. The maximum atomic E-state index is 13.7. The van der Waals surface area contributed by atoms with Crippen LogP contribution >= 0.6 is 0 Å². The fraction of sp³-hybridized carbons (Fsp3) is 0.316. The third-order valence-electron chi connectivity index (χ3n) is 4.01. The molecule has 1 heterocycles. The van der Waals surface area contributed by atoms with E-state index < -0.39 is 5.82 Å². The van der Waals surface area contributed by atoms with Crippen LogP contribution in [0.15, 0.2) is 42.5 Å². The average molecular weight is 360 g/mol. The average Bonchev–Trinajstić information content (AvgIpc) is 2.67. The number of nitrogens with one attached hydrogen (secondary N) is 1. The van der Waals surface area contributed by atoms with Gasteiger partial charge < -0.3 is 24.4 Å². The molecule has 26 heavy (non-hydrogen) atoms. The number of halogens is 1. The SMILES string of the molecule is COc1ccccc1OCC(=O)Nc1cc(F)ccc1N1CCOCC1. The van der Waals surface area contributed by atoms with Crippen molar-refractivity contribution in [2.75, 3.05) is 50.2 Å². The highest BCUT2D eigenvalue weighted by atomic mass is 19.1. The number of hydrogen-bond donors (Lipinski definition) is 1. The highest BCUT2D eigenvalue weighted by Crippen LogP contribution is 2.28. The molecule has 0 spiro atoms. The normalized spacial score (nSPS) is 14.0.